The summed E-state index contributed by atoms with van der Waals surface area (Å²) in [4.78, 5) is 11.6. The zero-order valence-corrected chi connectivity index (χ0v) is 15.7. The van der Waals surface area contributed by atoms with Crippen molar-refractivity contribution in [3.05, 3.63) is 50.2 Å². The molecule has 0 aliphatic carbocycles. The maximum atomic E-state index is 12.6. The average Bonchev–Trinajstić information content (AvgIpc) is 3.27. The fraction of sp³-hybridized carbons (Fsp3) is 0.312. The molecule has 0 atom stereocenters. The number of nitrogens with one attached hydrogen (secondary N) is 1. The number of nitro groups is 1. The van der Waals surface area contributed by atoms with Gasteiger partial charge in [0.15, 0.2) is 0 Å². The summed E-state index contributed by atoms with van der Waals surface area (Å²) < 4.78 is 26.5. The summed E-state index contributed by atoms with van der Waals surface area (Å²) in [6.45, 7) is 2.83. The van der Waals surface area contributed by atoms with Crippen LogP contribution in [0.3, 0.4) is 0 Å². The number of rotatable bonds is 6. The third kappa shape index (κ3) is 3.76. The summed E-state index contributed by atoms with van der Waals surface area (Å²) in [5, 5.41) is 17.3. The molecule has 26 heavy (non-hydrogen) atoms. The van der Waals surface area contributed by atoms with Crippen LogP contribution in [-0.4, -0.2) is 37.0 Å². The van der Waals surface area contributed by atoms with E-state index in [1.54, 1.807) is 6.21 Å². The highest BCUT2D eigenvalue weighted by Crippen LogP contribution is 2.30. The zero-order valence-electron chi connectivity index (χ0n) is 14.1. The number of aryl methyl sites for hydroxylation is 1. The molecule has 0 amide bonds. The average molecular weight is 394 g/mol. The number of nitrogens with zero attached hydrogens (tertiary/aromatic N) is 3. The molecule has 10 heteroatoms. The van der Waals surface area contributed by atoms with Crippen LogP contribution in [-0.2, 0) is 10.0 Å². The highest BCUT2D eigenvalue weighted by Gasteiger charge is 2.29. The minimum absolute atomic E-state index is 0.0743. The SMILES string of the molecule is Cc1ccsc1/C=N/Nc1ccc(S(=O)(=O)N2CCCC2)cc1[N+](=O)[O-]. The van der Waals surface area contributed by atoms with E-state index in [4.69, 9.17) is 0 Å². The zero-order chi connectivity index (χ0) is 18.7. The molecule has 1 aliphatic rings. The summed E-state index contributed by atoms with van der Waals surface area (Å²) >= 11 is 1.51. The van der Waals surface area contributed by atoms with Gasteiger partial charge in [0, 0.05) is 24.0 Å². The predicted octanol–water partition coefficient (Wildman–Crippen LogP) is 3.20. The second kappa shape index (κ2) is 7.52. The van der Waals surface area contributed by atoms with E-state index in [9.17, 15) is 18.5 Å². The molecule has 1 saturated heterocycles. The van der Waals surface area contributed by atoms with Crippen LogP contribution >= 0.6 is 11.3 Å². The van der Waals surface area contributed by atoms with Crippen molar-refractivity contribution in [1.29, 1.82) is 0 Å². The Kier molecular flexibility index (Phi) is 5.35. The second-order valence-corrected chi connectivity index (χ2v) is 8.77. The molecule has 0 radical (unpaired) electrons. The van der Waals surface area contributed by atoms with E-state index in [-0.39, 0.29) is 16.3 Å². The Morgan fingerprint density at radius 3 is 2.65 bits per heavy atom. The number of sulfonamides is 1. The summed E-state index contributed by atoms with van der Waals surface area (Å²) in [6, 6.07) is 5.78. The molecule has 1 aromatic heterocycles. The van der Waals surface area contributed by atoms with Gasteiger partial charge in [-0.15, -0.1) is 11.3 Å². The highest BCUT2D eigenvalue weighted by molar-refractivity contribution is 7.89. The first kappa shape index (κ1) is 18.5. The molecule has 2 aromatic rings. The smallest absolute Gasteiger partial charge is 0.272 e. The van der Waals surface area contributed by atoms with Crippen LogP contribution in [0.15, 0.2) is 39.6 Å². The van der Waals surface area contributed by atoms with Gasteiger partial charge < -0.3 is 0 Å². The Balaban J connectivity index is 1.86. The van der Waals surface area contributed by atoms with Crippen molar-refractivity contribution in [2.45, 2.75) is 24.7 Å². The first-order valence-electron chi connectivity index (χ1n) is 8.01. The van der Waals surface area contributed by atoms with E-state index in [1.807, 2.05) is 18.4 Å². The molecule has 2 heterocycles. The molecule has 3 rings (SSSR count). The van der Waals surface area contributed by atoms with Crippen LogP contribution < -0.4 is 5.43 Å². The number of anilines is 1. The maximum absolute atomic E-state index is 12.6. The van der Waals surface area contributed by atoms with Crippen molar-refractivity contribution in [2.24, 2.45) is 5.10 Å². The molecule has 0 spiro atoms. The van der Waals surface area contributed by atoms with E-state index in [0.717, 1.165) is 29.3 Å². The molecule has 0 saturated carbocycles. The minimum Gasteiger partial charge on any atom is -0.272 e. The summed E-state index contributed by atoms with van der Waals surface area (Å²) in [7, 11) is -3.71. The number of nitro benzene ring substituents is 1. The molecule has 8 nitrogen and oxygen atoms in total. The highest BCUT2D eigenvalue weighted by atomic mass is 32.2. The Bertz CT molecular complexity index is 947. The second-order valence-electron chi connectivity index (χ2n) is 5.89. The molecular weight excluding hydrogens is 376 g/mol. The maximum Gasteiger partial charge on any atom is 0.295 e. The normalized spacial score (nSPS) is 15.6. The predicted molar refractivity (Wildman–Crippen MR) is 101 cm³/mol. The standard InChI is InChI=1S/C16H18N4O4S2/c1-12-6-9-25-16(12)11-17-18-14-5-4-13(10-15(14)20(21)22)26(23,24)19-7-2-3-8-19/h4-6,9-11,18H,2-3,7-8H2,1H3/b17-11+. The molecule has 138 valence electrons. The number of hydrogen-bond acceptors (Lipinski definition) is 7. The molecule has 0 unspecified atom stereocenters. The Labute approximate surface area is 155 Å². The van der Waals surface area contributed by atoms with Crippen LogP contribution in [0.1, 0.15) is 23.3 Å². The van der Waals surface area contributed by atoms with Crippen LogP contribution in [0.4, 0.5) is 11.4 Å². The van der Waals surface area contributed by atoms with Crippen molar-refractivity contribution in [1.82, 2.24) is 4.31 Å². The lowest BCUT2D eigenvalue weighted by atomic mass is 10.3. The monoisotopic (exact) mass is 394 g/mol. The van der Waals surface area contributed by atoms with Gasteiger partial charge in [0.05, 0.1) is 16.0 Å². The fourth-order valence-electron chi connectivity index (χ4n) is 2.67. The Morgan fingerprint density at radius 1 is 1.31 bits per heavy atom. The van der Waals surface area contributed by atoms with Gasteiger partial charge >= 0.3 is 0 Å². The van der Waals surface area contributed by atoms with Crippen LogP contribution in [0.2, 0.25) is 0 Å². The first-order chi connectivity index (χ1) is 12.4. The van der Waals surface area contributed by atoms with Crippen molar-refractivity contribution >= 4 is 38.9 Å². The lowest BCUT2D eigenvalue weighted by Crippen LogP contribution is -2.27. The molecule has 1 N–H and O–H groups in total. The van der Waals surface area contributed by atoms with E-state index in [2.05, 4.69) is 10.5 Å². The number of benzene rings is 1. The Hall–Kier alpha value is -2.30. The Morgan fingerprint density at radius 2 is 2.04 bits per heavy atom. The summed E-state index contributed by atoms with van der Waals surface area (Å²) in [6.07, 6.45) is 3.19. The lowest BCUT2D eigenvalue weighted by Gasteiger charge is -2.15. The molecule has 1 fully saturated rings. The van der Waals surface area contributed by atoms with Crippen LogP contribution in [0.5, 0.6) is 0 Å². The molecular formula is C16H18N4O4S2. The van der Waals surface area contributed by atoms with E-state index in [0.29, 0.717) is 13.1 Å². The quantitative estimate of drug-likeness (QED) is 0.460. The third-order valence-electron chi connectivity index (χ3n) is 4.14. The summed E-state index contributed by atoms with van der Waals surface area (Å²) in [5.41, 5.74) is 3.50. The van der Waals surface area contributed by atoms with Crippen LogP contribution in [0.25, 0.3) is 0 Å². The van der Waals surface area contributed by atoms with Crippen molar-refractivity contribution in [2.75, 3.05) is 18.5 Å². The van der Waals surface area contributed by atoms with Gasteiger partial charge in [-0.1, -0.05) is 0 Å². The van der Waals surface area contributed by atoms with Gasteiger partial charge in [0.1, 0.15) is 5.69 Å². The lowest BCUT2D eigenvalue weighted by molar-refractivity contribution is -0.384. The van der Waals surface area contributed by atoms with Gasteiger partial charge in [-0.05, 0) is 48.9 Å². The van der Waals surface area contributed by atoms with Gasteiger partial charge in [-0.2, -0.15) is 9.41 Å². The molecule has 1 aliphatic heterocycles. The van der Waals surface area contributed by atoms with Gasteiger partial charge in [0.25, 0.3) is 5.69 Å². The minimum atomic E-state index is -3.71. The topological polar surface area (TPSA) is 105 Å². The summed E-state index contributed by atoms with van der Waals surface area (Å²) in [5.74, 6) is 0. The van der Waals surface area contributed by atoms with Gasteiger partial charge in [-0.25, -0.2) is 8.42 Å². The first-order valence-corrected chi connectivity index (χ1v) is 10.3. The van der Waals surface area contributed by atoms with Gasteiger partial charge in [-0.3, -0.25) is 15.5 Å². The van der Waals surface area contributed by atoms with Crippen molar-refractivity contribution < 1.29 is 13.3 Å². The van der Waals surface area contributed by atoms with Crippen molar-refractivity contribution in [3.8, 4) is 0 Å². The van der Waals surface area contributed by atoms with Crippen molar-refractivity contribution in [3.63, 3.8) is 0 Å². The van der Waals surface area contributed by atoms with E-state index < -0.39 is 14.9 Å². The van der Waals surface area contributed by atoms with Crippen LogP contribution in [0, 0.1) is 17.0 Å². The van der Waals surface area contributed by atoms with E-state index in [1.165, 1.54) is 27.8 Å². The largest absolute Gasteiger partial charge is 0.295 e. The third-order valence-corrected chi connectivity index (χ3v) is 6.99. The van der Waals surface area contributed by atoms with E-state index >= 15 is 0 Å². The molecule has 0 bridgehead atoms. The fourth-order valence-corrected chi connectivity index (χ4v) is 5.00. The number of hydrogen-bond donors (Lipinski definition) is 1. The van der Waals surface area contributed by atoms with Gasteiger partial charge in [0.2, 0.25) is 10.0 Å². The number of thiophene rings is 1. The molecule has 1 aromatic carbocycles. The number of hydrazone groups is 1.